The van der Waals surface area contributed by atoms with Gasteiger partial charge in [-0.3, -0.25) is 0 Å². The molecule has 0 aromatic heterocycles. The van der Waals surface area contributed by atoms with Gasteiger partial charge in [-0.05, 0) is 38.5 Å². The zero-order valence-corrected chi connectivity index (χ0v) is 10.1. The first-order chi connectivity index (χ1) is 6.76. The van der Waals surface area contributed by atoms with E-state index in [2.05, 4.69) is 13.8 Å². The van der Waals surface area contributed by atoms with E-state index in [1.165, 1.54) is 0 Å². The Kier molecular flexibility index (Phi) is 5.65. The van der Waals surface area contributed by atoms with Gasteiger partial charge in [0.25, 0.3) is 0 Å². The predicted octanol–water partition coefficient (Wildman–Crippen LogP) is 1.91. The van der Waals surface area contributed by atoms with E-state index in [0.29, 0.717) is 12.3 Å². The molecule has 0 heterocycles. The van der Waals surface area contributed by atoms with E-state index < -0.39 is 11.7 Å². The lowest BCUT2D eigenvalue weighted by Gasteiger charge is -2.28. The summed E-state index contributed by atoms with van der Waals surface area (Å²) >= 11 is 0. The second kappa shape index (κ2) is 5.95. The number of amides is 1. The average molecular weight is 217 g/mol. The highest BCUT2D eigenvalue weighted by Gasteiger charge is 2.26. The lowest BCUT2D eigenvalue weighted by molar-refractivity contribution is 0.0153. The fourth-order valence-electron chi connectivity index (χ4n) is 1.90. The summed E-state index contributed by atoms with van der Waals surface area (Å²) in [6.07, 6.45) is 0.786. The van der Waals surface area contributed by atoms with E-state index in [1.54, 1.807) is 13.8 Å². The SMILES string of the molecule is CC(C)CC(CO)CC(C)(C)OC(N)=O. The van der Waals surface area contributed by atoms with Gasteiger partial charge in [0.15, 0.2) is 0 Å². The largest absolute Gasteiger partial charge is 0.444 e. The van der Waals surface area contributed by atoms with E-state index in [9.17, 15) is 9.90 Å². The van der Waals surface area contributed by atoms with Gasteiger partial charge in [-0.2, -0.15) is 0 Å². The van der Waals surface area contributed by atoms with E-state index in [0.717, 1.165) is 6.42 Å². The van der Waals surface area contributed by atoms with Crippen LogP contribution in [0.2, 0.25) is 0 Å². The number of ether oxygens (including phenoxy) is 1. The average Bonchev–Trinajstić information content (AvgIpc) is 1.98. The Labute approximate surface area is 91.8 Å². The molecule has 1 amide bonds. The van der Waals surface area contributed by atoms with Crippen molar-refractivity contribution < 1.29 is 14.6 Å². The Morgan fingerprint density at radius 1 is 1.47 bits per heavy atom. The minimum Gasteiger partial charge on any atom is -0.444 e. The van der Waals surface area contributed by atoms with E-state index in [-0.39, 0.29) is 12.5 Å². The lowest BCUT2D eigenvalue weighted by Crippen LogP contribution is -2.34. The second-order valence-corrected chi connectivity index (χ2v) is 5.06. The smallest absolute Gasteiger partial charge is 0.405 e. The van der Waals surface area contributed by atoms with Crippen molar-refractivity contribution in [2.24, 2.45) is 17.6 Å². The molecule has 0 fully saturated rings. The summed E-state index contributed by atoms with van der Waals surface area (Å²) in [6.45, 7) is 7.93. The molecular formula is C11H23NO3. The van der Waals surface area contributed by atoms with Crippen LogP contribution in [0.5, 0.6) is 0 Å². The number of carbonyl (C=O) groups is 1. The number of aliphatic hydroxyl groups excluding tert-OH is 1. The zero-order valence-electron chi connectivity index (χ0n) is 10.1. The summed E-state index contributed by atoms with van der Waals surface area (Å²) in [5, 5.41) is 9.20. The number of hydrogen-bond donors (Lipinski definition) is 2. The molecule has 0 aliphatic carbocycles. The fourth-order valence-corrected chi connectivity index (χ4v) is 1.90. The van der Waals surface area contributed by atoms with Crippen molar-refractivity contribution in [2.45, 2.75) is 46.1 Å². The molecule has 0 aromatic rings. The third-order valence-electron chi connectivity index (χ3n) is 2.22. The van der Waals surface area contributed by atoms with E-state index >= 15 is 0 Å². The minimum atomic E-state index is -0.763. The molecule has 90 valence electrons. The number of primary amides is 1. The molecule has 0 aliphatic heterocycles. The molecule has 0 spiro atoms. The summed E-state index contributed by atoms with van der Waals surface area (Å²) in [6, 6.07) is 0. The predicted molar refractivity (Wildman–Crippen MR) is 59.4 cm³/mol. The summed E-state index contributed by atoms with van der Waals surface area (Å²) in [7, 11) is 0. The molecule has 15 heavy (non-hydrogen) atoms. The molecule has 3 N–H and O–H groups in total. The summed E-state index contributed by atoms with van der Waals surface area (Å²) in [5.74, 6) is 0.672. The molecule has 0 saturated heterocycles. The molecule has 0 bridgehead atoms. The zero-order chi connectivity index (χ0) is 12.1. The standard InChI is InChI=1S/C11H23NO3/c1-8(2)5-9(7-13)6-11(3,4)15-10(12)14/h8-9,13H,5-7H2,1-4H3,(H2,12,14). The minimum absolute atomic E-state index is 0.115. The number of carbonyl (C=O) groups excluding carboxylic acids is 1. The van der Waals surface area contributed by atoms with Crippen molar-refractivity contribution in [1.82, 2.24) is 0 Å². The van der Waals surface area contributed by atoms with Crippen LogP contribution in [0.4, 0.5) is 4.79 Å². The number of aliphatic hydroxyl groups is 1. The van der Waals surface area contributed by atoms with Gasteiger partial charge < -0.3 is 15.6 Å². The van der Waals surface area contributed by atoms with Crippen LogP contribution >= 0.6 is 0 Å². The summed E-state index contributed by atoms with van der Waals surface area (Å²) in [5.41, 5.74) is 4.37. The molecule has 4 heteroatoms. The molecule has 4 nitrogen and oxygen atoms in total. The van der Waals surface area contributed by atoms with Gasteiger partial charge in [-0.1, -0.05) is 13.8 Å². The molecule has 1 unspecified atom stereocenters. The van der Waals surface area contributed by atoms with Gasteiger partial charge >= 0.3 is 6.09 Å². The van der Waals surface area contributed by atoms with Crippen LogP contribution in [0.3, 0.4) is 0 Å². The van der Waals surface area contributed by atoms with Crippen molar-refractivity contribution in [3.63, 3.8) is 0 Å². The van der Waals surface area contributed by atoms with Gasteiger partial charge in [-0.15, -0.1) is 0 Å². The molecule has 0 aliphatic rings. The topological polar surface area (TPSA) is 72.6 Å². The highest BCUT2D eigenvalue weighted by molar-refractivity contribution is 5.65. The van der Waals surface area contributed by atoms with E-state index in [4.69, 9.17) is 10.5 Å². The Hall–Kier alpha value is -0.770. The molecular weight excluding hydrogens is 194 g/mol. The summed E-state index contributed by atoms with van der Waals surface area (Å²) in [4.78, 5) is 10.6. The van der Waals surface area contributed by atoms with E-state index in [1.807, 2.05) is 0 Å². The maximum atomic E-state index is 10.6. The van der Waals surface area contributed by atoms with Crippen LogP contribution in [0, 0.1) is 11.8 Å². The monoisotopic (exact) mass is 217 g/mol. The maximum absolute atomic E-state index is 10.6. The fraction of sp³-hybridized carbons (Fsp3) is 0.909. The Morgan fingerprint density at radius 3 is 2.33 bits per heavy atom. The highest BCUT2D eigenvalue weighted by Crippen LogP contribution is 2.25. The molecule has 0 rings (SSSR count). The highest BCUT2D eigenvalue weighted by atomic mass is 16.6. The molecule has 1 atom stereocenters. The Bertz CT molecular complexity index is 202. The second-order valence-electron chi connectivity index (χ2n) is 5.06. The number of rotatable bonds is 6. The normalized spacial score (nSPS) is 14.0. The van der Waals surface area contributed by atoms with Crippen LogP contribution in [-0.4, -0.2) is 23.4 Å². The third-order valence-corrected chi connectivity index (χ3v) is 2.22. The maximum Gasteiger partial charge on any atom is 0.405 e. The van der Waals surface area contributed by atoms with Crippen LogP contribution in [-0.2, 0) is 4.74 Å². The van der Waals surface area contributed by atoms with Gasteiger partial charge in [0.05, 0.1) is 0 Å². The van der Waals surface area contributed by atoms with Crippen molar-refractivity contribution in [3.8, 4) is 0 Å². The Morgan fingerprint density at radius 2 is 2.00 bits per heavy atom. The first-order valence-corrected chi connectivity index (χ1v) is 5.36. The van der Waals surface area contributed by atoms with Gasteiger partial charge in [0, 0.05) is 6.61 Å². The van der Waals surface area contributed by atoms with Gasteiger partial charge in [-0.25, -0.2) is 4.79 Å². The van der Waals surface area contributed by atoms with Crippen LogP contribution in [0.15, 0.2) is 0 Å². The summed E-state index contributed by atoms with van der Waals surface area (Å²) < 4.78 is 4.98. The lowest BCUT2D eigenvalue weighted by atomic mass is 9.88. The molecule has 0 saturated carbocycles. The van der Waals surface area contributed by atoms with Gasteiger partial charge in [0.1, 0.15) is 5.60 Å². The first-order valence-electron chi connectivity index (χ1n) is 5.36. The van der Waals surface area contributed by atoms with Crippen LogP contribution in [0.1, 0.15) is 40.5 Å². The third kappa shape index (κ3) is 7.19. The van der Waals surface area contributed by atoms with Crippen molar-refractivity contribution in [3.05, 3.63) is 0 Å². The first kappa shape index (κ1) is 14.2. The van der Waals surface area contributed by atoms with Crippen molar-refractivity contribution in [2.75, 3.05) is 6.61 Å². The molecule has 0 aromatic carbocycles. The molecule has 0 radical (unpaired) electrons. The van der Waals surface area contributed by atoms with Gasteiger partial charge in [0.2, 0.25) is 0 Å². The number of hydrogen-bond acceptors (Lipinski definition) is 3. The number of nitrogens with two attached hydrogens (primary N) is 1. The van der Waals surface area contributed by atoms with Crippen molar-refractivity contribution >= 4 is 6.09 Å². The van der Waals surface area contributed by atoms with Crippen molar-refractivity contribution in [1.29, 1.82) is 0 Å². The van der Waals surface area contributed by atoms with Crippen LogP contribution in [0.25, 0.3) is 0 Å². The van der Waals surface area contributed by atoms with Crippen LogP contribution < -0.4 is 5.73 Å². The Balaban J connectivity index is 4.20. The quantitative estimate of drug-likeness (QED) is 0.713.